The molecule has 4 heteroatoms. The molecule has 0 bridgehead atoms. The predicted molar refractivity (Wildman–Crippen MR) is 75.4 cm³/mol. The van der Waals surface area contributed by atoms with Crippen LogP contribution in [0.4, 0.5) is 5.69 Å². The molecule has 0 aromatic heterocycles. The number of primary amides is 1. The van der Waals surface area contributed by atoms with Gasteiger partial charge in [-0.05, 0) is 29.8 Å². The molecule has 0 aliphatic heterocycles. The Morgan fingerprint density at radius 3 is 2.61 bits per heavy atom. The normalized spacial score (nSPS) is 10.2. The van der Waals surface area contributed by atoms with Crippen LogP contribution in [0.25, 0.3) is 0 Å². The summed E-state index contributed by atoms with van der Waals surface area (Å²) in [5.74, 6) is 0.307. The summed E-state index contributed by atoms with van der Waals surface area (Å²) in [6.45, 7) is 0. The minimum absolute atomic E-state index is 0.390. The molecule has 2 aromatic rings. The Balaban J connectivity index is 2.13. The Bertz CT molecular complexity index is 569. The Kier molecular flexibility index (Phi) is 3.89. The molecular formula is C14H14N2OS. The third-order valence-corrected chi connectivity index (χ3v) is 3.58. The van der Waals surface area contributed by atoms with Crippen molar-refractivity contribution >= 4 is 23.4 Å². The predicted octanol–water partition coefficient (Wildman–Crippen LogP) is 2.66. The lowest BCUT2D eigenvalue weighted by molar-refractivity contribution is 0.0999. The highest BCUT2D eigenvalue weighted by molar-refractivity contribution is 7.98. The third kappa shape index (κ3) is 3.05. The summed E-state index contributed by atoms with van der Waals surface area (Å²) in [7, 11) is 0. The summed E-state index contributed by atoms with van der Waals surface area (Å²) in [6.07, 6.45) is 0. The molecule has 92 valence electrons. The van der Waals surface area contributed by atoms with Crippen molar-refractivity contribution in [3.05, 3.63) is 59.7 Å². The fourth-order valence-electron chi connectivity index (χ4n) is 1.65. The van der Waals surface area contributed by atoms with E-state index in [2.05, 4.69) is 0 Å². The van der Waals surface area contributed by atoms with E-state index in [9.17, 15) is 4.79 Å². The first-order chi connectivity index (χ1) is 8.66. The average molecular weight is 258 g/mol. The van der Waals surface area contributed by atoms with Crippen LogP contribution in [0, 0.1) is 0 Å². The van der Waals surface area contributed by atoms with E-state index in [1.807, 2.05) is 42.5 Å². The first-order valence-electron chi connectivity index (χ1n) is 5.53. The number of carbonyl (C=O) groups excluding carboxylic acids is 1. The van der Waals surface area contributed by atoms with Gasteiger partial charge in [0.25, 0.3) is 0 Å². The standard InChI is InChI=1S/C14H14N2OS/c15-11-5-3-6-12(8-11)18-9-10-4-1-2-7-13(10)14(16)17/h1-8H,9,15H2,(H2,16,17). The number of rotatable bonds is 4. The lowest BCUT2D eigenvalue weighted by atomic mass is 10.1. The number of hydrogen-bond acceptors (Lipinski definition) is 3. The molecule has 2 rings (SSSR count). The molecule has 0 aliphatic carbocycles. The average Bonchev–Trinajstić information content (AvgIpc) is 2.37. The number of nitrogens with two attached hydrogens (primary N) is 2. The first kappa shape index (κ1) is 12.5. The monoisotopic (exact) mass is 258 g/mol. The molecule has 3 nitrogen and oxygen atoms in total. The van der Waals surface area contributed by atoms with E-state index < -0.39 is 5.91 Å². The maximum atomic E-state index is 11.3. The van der Waals surface area contributed by atoms with E-state index in [-0.39, 0.29) is 0 Å². The second-order valence-corrected chi connectivity index (χ2v) is 4.93. The van der Waals surface area contributed by atoms with Gasteiger partial charge in [-0.2, -0.15) is 0 Å². The highest BCUT2D eigenvalue weighted by Crippen LogP contribution is 2.25. The maximum absolute atomic E-state index is 11.3. The van der Waals surface area contributed by atoms with Crippen LogP contribution in [-0.2, 0) is 5.75 Å². The number of anilines is 1. The van der Waals surface area contributed by atoms with E-state index in [0.717, 1.165) is 16.1 Å². The van der Waals surface area contributed by atoms with Crippen molar-refractivity contribution in [3.8, 4) is 0 Å². The Morgan fingerprint density at radius 1 is 1.11 bits per heavy atom. The van der Waals surface area contributed by atoms with Crippen LogP contribution in [0.1, 0.15) is 15.9 Å². The second-order valence-electron chi connectivity index (χ2n) is 3.88. The highest BCUT2D eigenvalue weighted by Gasteiger charge is 2.07. The summed E-state index contributed by atoms with van der Waals surface area (Å²) in [5.41, 5.74) is 13.3. The second kappa shape index (κ2) is 5.60. The van der Waals surface area contributed by atoms with Crippen LogP contribution in [0.5, 0.6) is 0 Å². The molecule has 0 heterocycles. The van der Waals surface area contributed by atoms with Crippen molar-refractivity contribution in [2.24, 2.45) is 5.73 Å². The van der Waals surface area contributed by atoms with E-state index in [1.54, 1.807) is 17.8 Å². The van der Waals surface area contributed by atoms with Crippen molar-refractivity contribution in [1.29, 1.82) is 0 Å². The van der Waals surface area contributed by atoms with E-state index >= 15 is 0 Å². The van der Waals surface area contributed by atoms with Gasteiger partial charge in [0.05, 0.1) is 0 Å². The molecule has 0 atom stereocenters. The summed E-state index contributed by atoms with van der Waals surface area (Å²) >= 11 is 1.63. The zero-order valence-electron chi connectivity index (χ0n) is 9.80. The Morgan fingerprint density at radius 2 is 1.89 bits per heavy atom. The van der Waals surface area contributed by atoms with Crippen molar-refractivity contribution in [2.75, 3.05) is 5.73 Å². The van der Waals surface area contributed by atoms with E-state index in [4.69, 9.17) is 11.5 Å². The minimum Gasteiger partial charge on any atom is -0.399 e. The van der Waals surface area contributed by atoms with Gasteiger partial charge < -0.3 is 11.5 Å². The third-order valence-electron chi connectivity index (χ3n) is 2.54. The smallest absolute Gasteiger partial charge is 0.249 e. The van der Waals surface area contributed by atoms with Gasteiger partial charge >= 0.3 is 0 Å². The topological polar surface area (TPSA) is 69.1 Å². The summed E-state index contributed by atoms with van der Waals surface area (Å²) in [5, 5.41) is 0. The molecular weight excluding hydrogens is 244 g/mol. The SMILES string of the molecule is NC(=O)c1ccccc1CSc1cccc(N)c1. The zero-order valence-corrected chi connectivity index (χ0v) is 10.6. The molecule has 1 amide bonds. The van der Waals surface area contributed by atoms with Crippen molar-refractivity contribution in [3.63, 3.8) is 0 Å². The van der Waals surface area contributed by atoms with Gasteiger partial charge in [-0.1, -0.05) is 24.3 Å². The van der Waals surface area contributed by atoms with Crippen LogP contribution in [-0.4, -0.2) is 5.91 Å². The quantitative estimate of drug-likeness (QED) is 0.654. The Labute approximate surface area is 110 Å². The highest BCUT2D eigenvalue weighted by atomic mass is 32.2. The molecule has 0 unspecified atom stereocenters. The fraction of sp³-hybridized carbons (Fsp3) is 0.0714. The number of amides is 1. The van der Waals surface area contributed by atoms with Crippen LogP contribution in [0.15, 0.2) is 53.4 Å². The Hall–Kier alpha value is -1.94. The van der Waals surface area contributed by atoms with E-state index in [1.165, 1.54) is 0 Å². The van der Waals surface area contributed by atoms with Crippen LogP contribution in [0.3, 0.4) is 0 Å². The molecule has 0 fully saturated rings. The first-order valence-corrected chi connectivity index (χ1v) is 6.51. The lowest BCUT2D eigenvalue weighted by Gasteiger charge is -2.06. The zero-order chi connectivity index (χ0) is 13.0. The molecule has 0 spiro atoms. The summed E-state index contributed by atoms with van der Waals surface area (Å²) in [6, 6.07) is 15.1. The van der Waals surface area contributed by atoms with E-state index in [0.29, 0.717) is 11.3 Å². The van der Waals surface area contributed by atoms with Gasteiger partial charge in [0.1, 0.15) is 0 Å². The molecule has 2 aromatic carbocycles. The number of thioether (sulfide) groups is 1. The maximum Gasteiger partial charge on any atom is 0.249 e. The fourth-order valence-corrected chi connectivity index (χ4v) is 2.62. The number of hydrogen-bond donors (Lipinski definition) is 2. The molecule has 4 N–H and O–H groups in total. The number of carbonyl (C=O) groups is 1. The van der Waals surface area contributed by atoms with Crippen LogP contribution < -0.4 is 11.5 Å². The van der Waals surface area contributed by atoms with Gasteiger partial charge in [0.15, 0.2) is 0 Å². The van der Waals surface area contributed by atoms with Gasteiger partial charge in [-0.25, -0.2) is 0 Å². The summed E-state index contributed by atoms with van der Waals surface area (Å²) in [4.78, 5) is 12.4. The summed E-state index contributed by atoms with van der Waals surface area (Å²) < 4.78 is 0. The molecule has 0 saturated carbocycles. The minimum atomic E-state index is -0.390. The van der Waals surface area contributed by atoms with Crippen molar-refractivity contribution < 1.29 is 4.79 Å². The van der Waals surface area contributed by atoms with Crippen molar-refractivity contribution in [1.82, 2.24) is 0 Å². The molecule has 0 aliphatic rings. The number of nitrogen functional groups attached to an aromatic ring is 1. The van der Waals surface area contributed by atoms with Gasteiger partial charge in [0.2, 0.25) is 5.91 Å². The lowest BCUT2D eigenvalue weighted by Crippen LogP contribution is -2.13. The molecule has 18 heavy (non-hydrogen) atoms. The molecule has 0 saturated heterocycles. The van der Waals surface area contributed by atoms with Crippen LogP contribution in [0.2, 0.25) is 0 Å². The van der Waals surface area contributed by atoms with Crippen molar-refractivity contribution in [2.45, 2.75) is 10.6 Å². The van der Waals surface area contributed by atoms with Gasteiger partial charge in [-0.15, -0.1) is 11.8 Å². The van der Waals surface area contributed by atoms with Gasteiger partial charge in [0, 0.05) is 21.9 Å². The largest absolute Gasteiger partial charge is 0.399 e. The van der Waals surface area contributed by atoms with Gasteiger partial charge in [-0.3, -0.25) is 4.79 Å². The van der Waals surface area contributed by atoms with Crippen LogP contribution >= 0.6 is 11.8 Å². The number of benzene rings is 2. The molecule has 0 radical (unpaired) electrons.